The van der Waals surface area contributed by atoms with E-state index in [0.717, 1.165) is 24.8 Å². The summed E-state index contributed by atoms with van der Waals surface area (Å²) in [7, 11) is 0. The minimum atomic E-state index is -0.438. The Hall–Kier alpha value is -1.88. The van der Waals surface area contributed by atoms with Crippen molar-refractivity contribution in [2.75, 3.05) is 26.2 Å². The number of rotatable bonds is 2. The fourth-order valence-electron chi connectivity index (χ4n) is 3.75. The van der Waals surface area contributed by atoms with Crippen LogP contribution in [0.15, 0.2) is 24.3 Å². The third-order valence-electron chi connectivity index (χ3n) is 5.59. The van der Waals surface area contributed by atoms with Gasteiger partial charge in [-0.1, -0.05) is 24.6 Å². The minimum absolute atomic E-state index is 0.00445. The van der Waals surface area contributed by atoms with Crippen LogP contribution >= 0.6 is 0 Å². The topological polar surface area (TPSA) is 60.9 Å². The number of carbonyl (C=O) groups is 2. The minimum Gasteiger partial charge on any atom is -0.391 e. The zero-order valence-electron chi connectivity index (χ0n) is 15.1. The zero-order chi connectivity index (χ0) is 18.0. The first-order valence-corrected chi connectivity index (χ1v) is 9.28. The molecule has 2 aliphatic rings. The Labute approximate surface area is 149 Å². The molecule has 25 heavy (non-hydrogen) atoms. The van der Waals surface area contributed by atoms with Crippen molar-refractivity contribution in [3.05, 3.63) is 35.4 Å². The van der Waals surface area contributed by atoms with E-state index in [-0.39, 0.29) is 23.7 Å². The Morgan fingerprint density at radius 2 is 1.76 bits per heavy atom. The van der Waals surface area contributed by atoms with Crippen LogP contribution in [0.25, 0.3) is 0 Å². The van der Waals surface area contributed by atoms with Crippen molar-refractivity contribution >= 4 is 11.8 Å². The molecule has 2 saturated heterocycles. The fourth-order valence-corrected chi connectivity index (χ4v) is 3.75. The monoisotopic (exact) mass is 344 g/mol. The fraction of sp³-hybridized carbons (Fsp3) is 0.600. The van der Waals surface area contributed by atoms with Gasteiger partial charge >= 0.3 is 0 Å². The largest absolute Gasteiger partial charge is 0.391 e. The highest BCUT2D eigenvalue weighted by Gasteiger charge is 2.34. The summed E-state index contributed by atoms with van der Waals surface area (Å²) in [5.41, 5.74) is 1.81. The number of benzene rings is 1. The second-order valence-corrected chi connectivity index (χ2v) is 7.57. The van der Waals surface area contributed by atoms with Gasteiger partial charge in [-0.05, 0) is 44.2 Å². The molecule has 0 spiro atoms. The van der Waals surface area contributed by atoms with E-state index in [2.05, 4.69) is 0 Å². The van der Waals surface area contributed by atoms with E-state index in [1.165, 1.54) is 0 Å². The van der Waals surface area contributed by atoms with Gasteiger partial charge in [-0.25, -0.2) is 0 Å². The third-order valence-corrected chi connectivity index (χ3v) is 5.59. The van der Waals surface area contributed by atoms with Gasteiger partial charge in [-0.3, -0.25) is 9.59 Å². The summed E-state index contributed by atoms with van der Waals surface area (Å²) in [5, 5.41) is 10.0. The molecular formula is C20H28N2O3. The lowest BCUT2D eigenvalue weighted by molar-refractivity contribution is -0.141. The van der Waals surface area contributed by atoms with Crippen molar-refractivity contribution in [2.45, 2.75) is 39.2 Å². The molecule has 1 aromatic carbocycles. The van der Waals surface area contributed by atoms with Crippen molar-refractivity contribution in [2.24, 2.45) is 11.8 Å². The van der Waals surface area contributed by atoms with Crippen molar-refractivity contribution in [3.63, 3.8) is 0 Å². The summed E-state index contributed by atoms with van der Waals surface area (Å²) >= 11 is 0. The maximum Gasteiger partial charge on any atom is 0.253 e. The molecule has 0 radical (unpaired) electrons. The van der Waals surface area contributed by atoms with Gasteiger partial charge in [0, 0.05) is 31.7 Å². The molecule has 0 aromatic heterocycles. The van der Waals surface area contributed by atoms with Crippen LogP contribution in [0.2, 0.25) is 0 Å². The summed E-state index contributed by atoms with van der Waals surface area (Å²) in [6, 6.07) is 7.59. The van der Waals surface area contributed by atoms with E-state index >= 15 is 0 Å². The Bertz CT molecular complexity index is 628. The van der Waals surface area contributed by atoms with Crippen LogP contribution in [0, 0.1) is 18.8 Å². The van der Waals surface area contributed by atoms with E-state index in [1.54, 1.807) is 9.80 Å². The highest BCUT2D eigenvalue weighted by atomic mass is 16.3. The summed E-state index contributed by atoms with van der Waals surface area (Å²) in [5.74, 6) is 0.191. The lowest BCUT2D eigenvalue weighted by Crippen LogP contribution is -2.51. The predicted molar refractivity (Wildman–Crippen MR) is 96.2 cm³/mol. The van der Waals surface area contributed by atoms with E-state index in [9.17, 15) is 14.7 Å². The van der Waals surface area contributed by atoms with Gasteiger partial charge in [0.15, 0.2) is 0 Å². The molecule has 0 bridgehead atoms. The Kier molecular flexibility index (Phi) is 5.42. The van der Waals surface area contributed by atoms with Crippen molar-refractivity contribution in [1.82, 2.24) is 9.80 Å². The number of β-amino-alcohol motifs (C(OH)–C–C–N with tert-alkyl or cyclic N) is 1. The van der Waals surface area contributed by atoms with Gasteiger partial charge in [-0.2, -0.15) is 0 Å². The van der Waals surface area contributed by atoms with E-state index in [0.29, 0.717) is 31.7 Å². The molecule has 1 N–H and O–H groups in total. The number of aryl methyl sites for hydroxylation is 1. The van der Waals surface area contributed by atoms with E-state index in [1.807, 2.05) is 38.1 Å². The van der Waals surface area contributed by atoms with Crippen LogP contribution in [0.1, 0.15) is 42.1 Å². The number of aliphatic hydroxyl groups is 1. The van der Waals surface area contributed by atoms with Gasteiger partial charge in [0.05, 0.1) is 12.0 Å². The average Bonchev–Trinajstić information content (AvgIpc) is 2.63. The Morgan fingerprint density at radius 3 is 2.44 bits per heavy atom. The summed E-state index contributed by atoms with van der Waals surface area (Å²) in [4.78, 5) is 29.1. The molecule has 5 nitrogen and oxygen atoms in total. The molecule has 2 fully saturated rings. The molecule has 0 saturated carbocycles. The van der Waals surface area contributed by atoms with Crippen molar-refractivity contribution in [3.8, 4) is 0 Å². The van der Waals surface area contributed by atoms with E-state index < -0.39 is 6.10 Å². The molecule has 0 aliphatic carbocycles. The Balaban J connectivity index is 1.63. The molecule has 3 rings (SSSR count). The zero-order valence-corrected chi connectivity index (χ0v) is 15.1. The Morgan fingerprint density at radius 1 is 1.04 bits per heavy atom. The molecule has 1 aromatic rings. The highest BCUT2D eigenvalue weighted by Crippen LogP contribution is 2.24. The number of carbonyl (C=O) groups excluding carboxylic acids is 2. The quantitative estimate of drug-likeness (QED) is 0.893. The van der Waals surface area contributed by atoms with Crippen LogP contribution < -0.4 is 0 Å². The first kappa shape index (κ1) is 17.9. The summed E-state index contributed by atoms with van der Waals surface area (Å²) < 4.78 is 0. The highest BCUT2D eigenvalue weighted by molar-refractivity contribution is 5.94. The number of hydrogen-bond donors (Lipinski definition) is 1. The van der Waals surface area contributed by atoms with Gasteiger partial charge in [0.2, 0.25) is 5.91 Å². The normalized spacial score (nSPS) is 27.2. The number of piperidine rings is 2. The summed E-state index contributed by atoms with van der Waals surface area (Å²) in [6.45, 7) is 6.33. The first-order valence-electron chi connectivity index (χ1n) is 9.28. The standard InChI is InChI=1S/C20H28N2O3/c1-14-5-7-16(8-6-14)19(24)21-10-3-4-17(12-21)20(25)22-11-9-15(2)18(23)13-22/h5-8,15,17-18,23H,3-4,9-13H2,1-2H3. The van der Waals surface area contributed by atoms with Crippen molar-refractivity contribution in [1.29, 1.82) is 0 Å². The molecule has 3 unspecified atom stereocenters. The van der Waals surface area contributed by atoms with Gasteiger partial charge in [-0.15, -0.1) is 0 Å². The maximum absolute atomic E-state index is 12.8. The molecule has 5 heteroatoms. The summed E-state index contributed by atoms with van der Waals surface area (Å²) in [6.07, 6.45) is 2.07. The molecule has 2 heterocycles. The number of amides is 2. The van der Waals surface area contributed by atoms with Crippen LogP contribution in [0.5, 0.6) is 0 Å². The third kappa shape index (κ3) is 4.03. The molecular weight excluding hydrogens is 316 g/mol. The lowest BCUT2D eigenvalue weighted by atomic mass is 9.92. The van der Waals surface area contributed by atoms with Gasteiger partial charge in [0.25, 0.3) is 5.91 Å². The first-order chi connectivity index (χ1) is 12.0. The number of hydrogen-bond acceptors (Lipinski definition) is 3. The lowest BCUT2D eigenvalue weighted by Gasteiger charge is -2.39. The van der Waals surface area contributed by atoms with Crippen LogP contribution in [0.4, 0.5) is 0 Å². The van der Waals surface area contributed by atoms with Crippen LogP contribution in [-0.4, -0.2) is 59.0 Å². The molecule has 2 amide bonds. The van der Waals surface area contributed by atoms with E-state index in [4.69, 9.17) is 0 Å². The average molecular weight is 344 g/mol. The SMILES string of the molecule is Cc1ccc(C(=O)N2CCCC(C(=O)N3CCC(C)C(O)C3)C2)cc1. The predicted octanol–water partition coefficient (Wildman–Crippen LogP) is 2.08. The second-order valence-electron chi connectivity index (χ2n) is 7.57. The molecule has 136 valence electrons. The molecule has 2 aliphatic heterocycles. The van der Waals surface area contributed by atoms with Gasteiger partial charge in [0.1, 0.15) is 0 Å². The van der Waals surface area contributed by atoms with Crippen molar-refractivity contribution < 1.29 is 14.7 Å². The smallest absolute Gasteiger partial charge is 0.253 e. The van der Waals surface area contributed by atoms with Crippen LogP contribution in [-0.2, 0) is 4.79 Å². The second kappa shape index (κ2) is 7.56. The number of aliphatic hydroxyl groups excluding tert-OH is 1. The molecule has 3 atom stereocenters. The number of nitrogens with zero attached hydrogens (tertiary/aromatic N) is 2. The maximum atomic E-state index is 12.8. The van der Waals surface area contributed by atoms with Gasteiger partial charge < -0.3 is 14.9 Å². The van der Waals surface area contributed by atoms with Crippen LogP contribution in [0.3, 0.4) is 0 Å². The number of likely N-dealkylation sites (tertiary alicyclic amines) is 2.